The molecule has 0 heterocycles. The molecule has 0 spiro atoms. The van der Waals surface area contributed by atoms with Gasteiger partial charge in [0.05, 0.1) is 5.71 Å². The van der Waals surface area contributed by atoms with Crippen LogP contribution in [-0.4, -0.2) is 16.9 Å². The van der Waals surface area contributed by atoms with Crippen LogP contribution in [0.3, 0.4) is 0 Å². The van der Waals surface area contributed by atoms with Crippen molar-refractivity contribution >= 4 is 28.7 Å². The molecular weight excluding hydrogens is 232 g/mol. The second-order valence-corrected chi connectivity index (χ2v) is 4.47. The maximum Gasteiger partial charge on any atom is 0.187 e. The minimum absolute atomic E-state index is 0.290. The molecule has 1 rings (SSSR count). The molecule has 0 amide bonds. The zero-order chi connectivity index (χ0) is 12.8. The fourth-order valence-corrected chi connectivity index (χ4v) is 1.54. The number of rotatable bonds is 3. The van der Waals surface area contributed by atoms with Crippen LogP contribution in [0.4, 0.5) is 5.69 Å². The highest BCUT2D eigenvalue weighted by atomic mass is 32.1. The van der Waals surface area contributed by atoms with Gasteiger partial charge in [-0.05, 0) is 50.7 Å². The molecule has 5 heteroatoms. The zero-order valence-electron chi connectivity index (χ0n) is 10.3. The molecule has 0 radical (unpaired) electrons. The number of nitrogens with one attached hydrogen (secondary N) is 2. The molecule has 92 valence electrons. The average molecular weight is 250 g/mol. The lowest BCUT2D eigenvalue weighted by atomic mass is 10.1. The van der Waals surface area contributed by atoms with E-state index < -0.39 is 0 Å². The lowest BCUT2D eigenvalue weighted by molar-refractivity contribution is 0.719. The number of thiocarbonyl (C=S) groups is 1. The molecule has 4 nitrogen and oxygen atoms in total. The third-order valence-corrected chi connectivity index (χ3v) is 2.26. The third kappa shape index (κ3) is 4.82. The Kier molecular flexibility index (Phi) is 4.90. The molecule has 17 heavy (non-hydrogen) atoms. The normalized spacial score (nSPS) is 11.4. The highest BCUT2D eigenvalue weighted by Crippen LogP contribution is 2.07. The molecule has 0 aliphatic carbocycles. The van der Waals surface area contributed by atoms with E-state index >= 15 is 0 Å². The molecule has 0 atom stereocenters. The summed E-state index contributed by atoms with van der Waals surface area (Å²) in [5.74, 6) is 0. The van der Waals surface area contributed by atoms with E-state index in [0.29, 0.717) is 5.11 Å². The van der Waals surface area contributed by atoms with Gasteiger partial charge in [0, 0.05) is 11.7 Å². The van der Waals surface area contributed by atoms with Crippen LogP contribution in [0.15, 0.2) is 29.4 Å². The number of nitrogens with zero attached hydrogens (tertiary/aromatic N) is 1. The van der Waals surface area contributed by atoms with Gasteiger partial charge in [-0.3, -0.25) is 5.43 Å². The Hall–Kier alpha value is -1.62. The fraction of sp³-hybridized carbons (Fsp3) is 0.333. The summed E-state index contributed by atoms with van der Waals surface area (Å²) < 4.78 is 0. The first-order valence-corrected chi connectivity index (χ1v) is 5.86. The van der Waals surface area contributed by atoms with Crippen LogP contribution in [0.2, 0.25) is 0 Å². The molecule has 0 bridgehead atoms. The van der Waals surface area contributed by atoms with Crippen LogP contribution in [0.1, 0.15) is 26.3 Å². The van der Waals surface area contributed by atoms with Crippen molar-refractivity contribution in [3.05, 3.63) is 29.8 Å². The van der Waals surface area contributed by atoms with Crippen molar-refractivity contribution in [2.24, 2.45) is 5.10 Å². The average Bonchev–Trinajstić information content (AvgIpc) is 2.25. The van der Waals surface area contributed by atoms with Crippen molar-refractivity contribution in [1.29, 1.82) is 0 Å². The van der Waals surface area contributed by atoms with Gasteiger partial charge in [0.2, 0.25) is 0 Å². The molecule has 1 aromatic carbocycles. The molecular formula is C12H18N4S. The van der Waals surface area contributed by atoms with Gasteiger partial charge in [-0.1, -0.05) is 12.1 Å². The molecule has 1 aromatic rings. The van der Waals surface area contributed by atoms with E-state index in [1.807, 2.05) is 45.0 Å². The second-order valence-electron chi connectivity index (χ2n) is 4.06. The first-order valence-electron chi connectivity index (χ1n) is 5.45. The quantitative estimate of drug-likeness (QED) is 0.332. The first-order chi connectivity index (χ1) is 7.99. The summed E-state index contributed by atoms with van der Waals surface area (Å²) in [5, 5.41) is 7.76. The molecule has 0 aromatic heterocycles. The summed E-state index contributed by atoms with van der Waals surface area (Å²) in [5.41, 5.74) is 11.0. The summed E-state index contributed by atoms with van der Waals surface area (Å²) in [7, 11) is 0. The Bertz CT molecular complexity index is 426. The smallest absolute Gasteiger partial charge is 0.187 e. The SMILES string of the molecule is C/C(=N/NC(=S)NC(C)C)c1cccc(N)c1. The molecule has 0 saturated carbocycles. The second kappa shape index (κ2) is 6.20. The lowest BCUT2D eigenvalue weighted by Gasteiger charge is -2.10. The Morgan fingerprint density at radius 1 is 1.41 bits per heavy atom. The van der Waals surface area contributed by atoms with Gasteiger partial charge >= 0.3 is 0 Å². The van der Waals surface area contributed by atoms with Gasteiger partial charge in [-0.15, -0.1) is 0 Å². The molecule has 4 N–H and O–H groups in total. The fourth-order valence-electron chi connectivity index (χ4n) is 1.26. The number of nitrogens with two attached hydrogens (primary N) is 1. The number of anilines is 1. The highest BCUT2D eigenvalue weighted by Gasteiger charge is 1.99. The van der Waals surface area contributed by atoms with Crippen LogP contribution in [0.5, 0.6) is 0 Å². The van der Waals surface area contributed by atoms with Crippen LogP contribution in [0.25, 0.3) is 0 Å². The van der Waals surface area contributed by atoms with E-state index in [9.17, 15) is 0 Å². The van der Waals surface area contributed by atoms with Crippen LogP contribution in [0, 0.1) is 0 Å². The Morgan fingerprint density at radius 3 is 2.71 bits per heavy atom. The maximum atomic E-state index is 5.70. The monoisotopic (exact) mass is 250 g/mol. The molecule has 0 aliphatic rings. The van der Waals surface area contributed by atoms with Crippen LogP contribution < -0.4 is 16.5 Å². The Labute approximate surface area is 107 Å². The highest BCUT2D eigenvalue weighted by molar-refractivity contribution is 7.80. The van der Waals surface area contributed by atoms with Crippen molar-refractivity contribution in [2.75, 3.05) is 5.73 Å². The standard InChI is InChI=1S/C12H18N4S/c1-8(2)14-12(17)16-15-9(3)10-5-4-6-11(13)7-10/h4-8H,13H2,1-3H3,(H2,14,16,17)/b15-9-. The van der Waals surface area contributed by atoms with E-state index in [2.05, 4.69) is 15.8 Å². The Balaban J connectivity index is 2.64. The van der Waals surface area contributed by atoms with E-state index in [-0.39, 0.29) is 6.04 Å². The maximum absolute atomic E-state index is 5.70. The van der Waals surface area contributed by atoms with Gasteiger partial charge in [-0.25, -0.2) is 0 Å². The summed E-state index contributed by atoms with van der Waals surface area (Å²) in [6, 6.07) is 7.86. The number of benzene rings is 1. The minimum atomic E-state index is 0.290. The van der Waals surface area contributed by atoms with E-state index in [1.54, 1.807) is 0 Å². The topological polar surface area (TPSA) is 62.4 Å². The zero-order valence-corrected chi connectivity index (χ0v) is 11.1. The van der Waals surface area contributed by atoms with Crippen molar-refractivity contribution in [2.45, 2.75) is 26.8 Å². The van der Waals surface area contributed by atoms with Gasteiger partial charge in [0.25, 0.3) is 0 Å². The van der Waals surface area contributed by atoms with E-state index in [0.717, 1.165) is 17.0 Å². The van der Waals surface area contributed by atoms with Crippen molar-refractivity contribution in [1.82, 2.24) is 10.7 Å². The number of hydrogen-bond donors (Lipinski definition) is 3. The Morgan fingerprint density at radius 2 is 2.12 bits per heavy atom. The number of hydrazone groups is 1. The summed E-state index contributed by atoms with van der Waals surface area (Å²) >= 11 is 5.07. The van der Waals surface area contributed by atoms with Gasteiger partial charge < -0.3 is 11.1 Å². The van der Waals surface area contributed by atoms with Crippen molar-refractivity contribution in [3.63, 3.8) is 0 Å². The summed E-state index contributed by atoms with van der Waals surface area (Å²) in [6.45, 7) is 5.94. The van der Waals surface area contributed by atoms with Gasteiger partial charge in [0.1, 0.15) is 0 Å². The molecule has 0 unspecified atom stereocenters. The van der Waals surface area contributed by atoms with Gasteiger partial charge in [-0.2, -0.15) is 5.10 Å². The van der Waals surface area contributed by atoms with Crippen molar-refractivity contribution in [3.8, 4) is 0 Å². The molecule has 0 fully saturated rings. The van der Waals surface area contributed by atoms with E-state index in [1.165, 1.54) is 0 Å². The molecule has 0 aliphatic heterocycles. The predicted octanol–water partition coefficient (Wildman–Crippen LogP) is 1.87. The van der Waals surface area contributed by atoms with Crippen LogP contribution in [-0.2, 0) is 0 Å². The number of hydrogen-bond acceptors (Lipinski definition) is 3. The summed E-state index contributed by atoms with van der Waals surface area (Å²) in [4.78, 5) is 0. The summed E-state index contributed by atoms with van der Waals surface area (Å²) in [6.07, 6.45) is 0. The predicted molar refractivity (Wildman–Crippen MR) is 77.1 cm³/mol. The van der Waals surface area contributed by atoms with Crippen LogP contribution >= 0.6 is 12.2 Å². The lowest BCUT2D eigenvalue weighted by Crippen LogP contribution is -2.37. The third-order valence-electron chi connectivity index (χ3n) is 2.05. The first kappa shape index (κ1) is 13.4. The largest absolute Gasteiger partial charge is 0.399 e. The van der Waals surface area contributed by atoms with E-state index in [4.69, 9.17) is 18.0 Å². The number of nitrogen functional groups attached to an aromatic ring is 1. The van der Waals surface area contributed by atoms with Gasteiger partial charge in [0.15, 0.2) is 5.11 Å². The van der Waals surface area contributed by atoms with Crippen molar-refractivity contribution < 1.29 is 0 Å². The molecule has 0 saturated heterocycles. The minimum Gasteiger partial charge on any atom is -0.399 e.